The van der Waals surface area contributed by atoms with E-state index >= 15 is 0 Å². The van der Waals surface area contributed by atoms with Crippen molar-refractivity contribution in [3.8, 4) is 17.2 Å². The molecule has 0 aromatic heterocycles. The second-order valence-electron chi connectivity index (χ2n) is 5.17. The van der Waals surface area contributed by atoms with E-state index in [9.17, 15) is 4.79 Å². The number of hydrogen-bond acceptors (Lipinski definition) is 5. The smallest absolute Gasteiger partial charge is 0.277 e. The lowest BCUT2D eigenvalue weighted by Crippen LogP contribution is -2.24. The molecule has 0 radical (unpaired) electrons. The van der Waals surface area contributed by atoms with Gasteiger partial charge in [-0.15, -0.1) is 0 Å². The van der Waals surface area contributed by atoms with Gasteiger partial charge < -0.3 is 14.2 Å². The molecule has 2 rings (SSSR count). The quantitative estimate of drug-likeness (QED) is 0.318. The van der Waals surface area contributed by atoms with Crippen LogP contribution < -0.4 is 19.6 Å². The number of halogens is 2. The lowest BCUT2D eigenvalue weighted by molar-refractivity contribution is -0.123. The van der Waals surface area contributed by atoms with E-state index in [4.69, 9.17) is 14.2 Å². The highest BCUT2D eigenvalue weighted by Crippen LogP contribution is 2.37. The fourth-order valence-electron chi connectivity index (χ4n) is 1.95. The predicted molar refractivity (Wildman–Crippen MR) is 112 cm³/mol. The molecule has 0 saturated heterocycles. The largest absolute Gasteiger partial charge is 0.497 e. The first kappa shape index (κ1) is 21.0. The summed E-state index contributed by atoms with van der Waals surface area (Å²) in [6.45, 7) is 3.86. The van der Waals surface area contributed by atoms with Gasteiger partial charge in [0.15, 0.2) is 6.61 Å². The average Bonchev–Trinajstić information content (AvgIpc) is 2.66. The van der Waals surface area contributed by atoms with Crippen molar-refractivity contribution in [2.45, 2.75) is 0 Å². The van der Waals surface area contributed by atoms with Gasteiger partial charge in [0.05, 0.1) is 22.3 Å². The van der Waals surface area contributed by atoms with Crippen LogP contribution in [0.2, 0.25) is 0 Å². The molecule has 2 aromatic carbocycles. The van der Waals surface area contributed by atoms with E-state index in [0.717, 1.165) is 11.3 Å². The van der Waals surface area contributed by atoms with Crippen LogP contribution in [0.5, 0.6) is 17.2 Å². The Morgan fingerprint density at radius 3 is 2.41 bits per heavy atom. The van der Waals surface area contributed by atoms with Crippen molar-refractivity contribution in [2.75, 3.05) is 20.3 Å². The number of ether oxygens (including phenoxy) is 3. The van der Waals surface area contributed by atoms with Crippen molar-refractivity contribution in [2.24, 2.45) is 5.10 Å². The minimum atomic E-state index is -0.383. The molecule has 0 bridgehead atoms. The van der Waals surface area contributed by atoms with Gasteiger partial charge in [-0.2, -0.15) is 5.10 Å². The van der Waals surface area contributed by atoms with Crippen LogP contribution in [0.1, 0.15) is 5.56 Å². The molecule has 0 saturated carbocycles. The van der Waals surface area contributed by atoms with Gasteiger partial charge in [0.2, 0.25) is 0 Å². The summed E-state index contributed by atoms with van der Waals surface area (Å²) in [7, 11) is 1.57. The Labute approximate surface area is 174 Å². The Bertz CT molecular complexity index is 800. The van der Waals surface area contributed by atoms with Crippen LogP contribution in [-0.4, -0.2) is 32.4 Å². The van der Waals surface area contributed by atoms with Crippen LogP contribution in [0.4, 0.5) is 0 Å². The Balaban J connectivity index is 1.84. The Hall–Kier alpha value is -2.32. The number of nitrogens with one attached hydrogen (secondary N) is 1. The summed E-state index contributed by atoms with van der Waals surface area (Å²) in [6, 6.07) is 10.8. The fourth-order valence-corrected chi connectivity index (χ4v) is 3.32. The summed E-state index contributed by atoms with van der Waals surface area (Å²) in [4.78, 5) is 11.9. The highest BCUT2D eigenvalue weighted by molar-refractivity contribution is 9.11. The summed E-state index contributed by atoms with van der Waals surface area (Å²) in [6.07, 6.45) is 3.21. The number of methoxy groups -OCH3 is 1. The number of amides is 1. The monoisotopic (exact) mass is 496 g/mol. The van der Waals surface area contributed by atoms with Crippen LogP contribution in [0, 0.1) is 0 Å². The topological polar surface area (TPSA) is 69.2 Å². The van der Waals surface area contributed by atoms with Gasteiger partial charge >= 0.3 is 0 Å². The van der Waals surface area contributed by atoms with Crippen molar-refractivity contribution in [1.82, 2.24) is 5.43 Å². The maximum absolute atomic E-state index is 11.9. The lowest BCUT2D eigenvalue weighted by atomic mass is 10.2. The molecule has 0 unspecified atom stereocenters. The van der Waals surface area contributed by atoms with Gasteiger partial charge in [0.25, 0.3) is 5.91 Å². The van der Waals surface area contributed by atoms with Crippen molar-refractivity contribution in [1.29, 1.82) is 0 Å². The fraction of sp³-hybridized carbons (Fsp3) is 0.158. The number of hydrazone groups is 1. The molecule has 0 heterocycles. The first-order chi connectivity index (χ1) is 13.0. The standard InChI is InChI=1S/C19H18Br2N2O4/c1-3-8-26-14-6-4-13(5-7-14)11-22-23-18(24)12-27-19-16(20)9-15(25-2)10-17(19)21/h3-7,9-11H,1,8,12H2,2H3,(H,23,24)/b22-11+. The van der Waals surface area contributed by atoms with E-state index in [-0.39, 0.29) is 12.5 Å². The van der Waals surface area contributed by atoms with Crippen LogP contribution in [0.3, 0.4) is 0 Å². The van der Waals surface area contributed by atoms with Crippen LogP contribution in [-0.2, 0) is 4.79 Å². The van der Waals surface area contributed by atoms with Gasteiger partial charge in [-0.1, -0.05) is 12.7 Å². The van der Waals surface area contributed by atoms with E-state index in [1.54, 1.807) is 25.3 Å². The third-order valence-electron chi connectivity index (χ3n) is 3.21. The number of benzene rings is 2. The normalized spacial score (nSPS) is 10.5. The van der Waals surface area contributed by atoms with E-state index in [1.807, 2.05) is 24.3 Å². The maximum Gasteiger partial charge on any atom is 0.277 e. The highest BCUT2D eigenvalue weighted by atomic mass is 79.9. The first-order valence-corrected chi connectivity index (χ1v) is 9.43. The summed E-state index contributed by atoms with van der Waals surface area (Å²) in [5.74, 6) is 1.52. The third kappa shape index (κ3) is 6.73. The number of rotatable bonds is 9. The number of nitrogens with zero attached hydrogens (tertiary/aromatic N) is 1. The summed E-state index contributed by atoms with van der Waals surface area (Å²) < 4.78 is 17.4. The molecular weight excluding hydrogens is 480 g/mol. The summed E-state index contributed by atoms with van der Waals surface area (Å²) >= 11 is 6.76. The molecule has 2 aromatic rings. The highest BCUT2D eigenvalue weighted by Gasteiger charge is 2.11. The van der Waals surface area contributed by atoms with Crippen LogP contribution in [0.15, 0.2) is 63.1 Å². The number of carbonyl (C=O) groups is 1. The van der Waals surface area contributed by atoms with E-state index in [2.05, 4.69) is 49.0 Å². The Morgan fingerprint density at radius 1 is 1.15 bits per heavy atom. The third-order valence-corrected chi connectivity index (χ3v) is 4.38. The predicted octanol–water partition coefficient (Wildman–Crippen LogP) is 4.31. The first-order valence-electron chi connectivity index (χ1n) is 7.85. The lowest BCUT2D eigenvalue weighted by Gasteiger charge is -2.11. The second-order valence-corrected chi connectivity index (χ2v) is 6.88. The zero-order chi connectivity index (χ0) is 19.6. The van der Waals surface area contributed by atoms with E-state index in [0.29, 0.717) is 27.1 Å². The second kappa shape index (κ2) is 10.7. The molecule has 8 heteroatoms. The summed E-state index contributed by atoms with van der Waals surface area (Å²) in [5, 5.41) is 3.91. The van der Waals surface area contributed by atoms with Crippen LogP contribution >= 0.6 is 31.9 Å². The van der Waals surface area contributed by atoms with Crippen molar-refractivity contribution in [3.63, 3.8) is 0 Å². The molecule has 0 aliphatic carbocycles. The molecule has 1 amide bonds. The molecule has 0 aliphatic rings. The van der Waals surface area contributed by atoms with Crippen molar-refractivity contribution < 1.29 is 19.0 Å². The zero-order valence-electron chi connectivity index (χ0n) is 14.6. The molecule has 27 heavy (non-hydrogen) atoms. The molecular formula is C19H18Br2N2O4. The van der Waals surface area contributed by atoms with Gasteiger partial charge in [0, 0.05) is 0 Å². The Kier molecular flexibility index (Phi) is 8.35. The van der Waals surface area contributed by atoms with Gasteiger partial charge in [0.1, 0.15) is 23.9 Å². The molecule has 0 fully saturated rings. The van der Waals surface area contributed by atoms with Crippen molar-refractivity contribution in [3.05, 3.63) is 63.6 Å². The molecule has 142 valence electrons. The molecule has 0 spiro atoms. The van der Waals surface area contributed by atoms with E-state index in [1.165, 1.54) is 6.21 Å². The van der Waals surface area contributed by atoms with E-state index < -0.39 is 0 Å². The van der Waals surface area contributed by atoms with Gasteiger partial charge in [-0.3, -0.25) is 4.79 Å². The van der Waals surface area contributed by atoms with Crippen LogP contribution in [0.25, 0.3) is 0 Å². The summed E-state index contributed by atoms with van der Waals surface area (Å²) in [5.41, 5.74) is 3.24. The van der Waals surface area contributed by atoms with Crippen molar-refractivity contribution >= 4 is 44.0 Å². The number of hydrogen-bond donors (Lipinski definition) is 1. The SMILES string of the molecule is C=CCOc1ccc(/C=N/NC(=O)COc2c(Br)cc(OC)cc2Br)cc1. The molecule has 1 N–H and O–H groups in total. The zero-order valence-corrected chi connectivity index (χ0v) is 17.7. The minimum absolute atomic E-state index is 0.185. The molecule has 0 atom stereocenters. The van der Waals surface area contributed by atoms with Gasteiger partial charge in [-0.25, -0.2) is 5.43 Å². The number of carbonyl (C=O) groups excluding carboxylic acids is 1. The Morgan fingerprint density at radius 2 is 1.81 bits per heavy atom. The molecule has 0 aliphatic heterocycles. The average molecular weight is 498 g/mol. The molecule has 6 nitrogen and oxygen atoms in total. The van der Waals surface area contributed by atoms with Gasteiger partial charge in [-0.05, 0) is 73.8 Å². The minimum Gasteiger partial charge on any atom is -0.497 e. The maximum atomic E-state index is 11.9.